The summed E-state index contributed by atoms with van der Waals surface area (Å²) in [5, 5.41) is 0.934. The maximum absolute atomic E-state index is 12.7. The van der Waals surface area contributed by atoms with E-state index in [9.17, 15) is 4.79 Å². The predicted octanol–water partition coefficient (Wildman–Crippen LogP) is 2.01. The molecule has 3 rings (SSSR count). The van der Waals surface area contributed by atoms with Gasteiger partial charge >= 0.3 is 0 Å². The second-order valence-corrected chi connectivity index (χ2v) is 6.07. The standard InChI is InChI=1S/C16H20N2O3/c1-16(2)10-18(9-12(8-17)21-16)15(19)14-7-11-5-3-4-6-13(11)20-14/h3-7,12H,8-10,17H2,1-2H3. The number of para-hydroxylation sites is 1. The lowest BCUT2D eigenvalue weighted by Crippen LogP contribution is -2.56. The van der Waals surface area contributed by atoms with E-state index in [1.54, 1.807) is 11.0 Å². The Bertz CT molecular complexity index is 629. The summed E-state index contributed by atoms with van der Waals surface area (Å²) in [5.74, 6) is 0.255. The first kappa shape index (κ1) is 14.1. The zero-order valence-corrected chi connectivity index (χ0v) is 12.3. The van der Waals surface area contributed by atoms with Crippen molar-refractivity contribution in [1.82, 2.24) is 4.90 Å². The predicted molar refractivity (Wildman–Crippen MR) is 80.1 cm³/mol. The number of furan rings is 1. The number of carbonyl (C=O) groups excluding carboxylic acids is 1. The van der Waals surface area contributed by atoms with Crippen LogP contribution in [0.3, 0.4) is 0 Å². The monoisotopic (exact) mass is 288 g/mol. The van der Waals surface area contributed by atoms with Crippen molar-refractivity contribution in [2.24, 2.45) is 5.73 Å². The number of benzene rings is 1. The zero-order chi connectivity index (χ0) is 15.0. The van der Waals surface area contributed by atoms with Crippen molar-refractivity contribution in [3.8, 4) is 0 Å². The summed E-state index contributed by atoms with van der Waals surface area (Å²) >= 11 is 0. The van der Waals surface area contributed by atoms with Crippen molar-refractivity contribution in [2.45, 2.75) is 25.6 Å². The maximum atomic E-state index is 12.7. The first-order valence-electron chi connectivity index (χ1n) is 7.14. The molecule has 0 aliphatic carbocycles. The van der Waals surface area contributed by atoms with Crippen LogP contribution in [-0.4, -0.2) is 42.1 Å². The molecule has 0 spiro atoms. The molecular formula is C16H20N2O3. The Morgan fingerprint density at radius 3 is 2.90 bits per heavy atom. The van der Waals surface area contributed by atoms with Crippen molar-refractivity contribution in [1.29, 1.82) is 0 Å². The number of fused-ring (bicyclic) bond motifs is 1. The number of morpholine rings is 1. The highest BCUT2D eigenvalue weighted by molar-refractivity contribution is 5.96. The minimum Gasteiger partial charge on any atom is -0.451 e. The molecule has 2 N–H and O–H groups in total. The van der Waals surface area contributed by atoms with Crippen LogP contribution in [0.4, 0.5) is 0 Å². The zero-order valence-electron chi connectivity index (χ0n) is 12.3. The molecule has 1 aromatic carbocycles. The van der Waals surface area contributed by atoms with Crippen LogP contribution in [-0.2, 0) is 4.74 Å². The second kappa shape index (κ2) is 5.16. The fraction of sp³-hybridized carbons (Fsp3) is 0.438. The molecule has 1 aromatic heterocycles. The van der Waals surface area contributed by atoms with Gasteiger partial charge in [0.05, 0.1) is 11.7 Å². The number of hydrogen-bond donors (Lipinski definition) is 1. The number of nitrogens with zero attached hydrogens (tertiary/aromatic N) is 1. The van der Waals surface area contributed by atoms with Crippen LogP contribution in [0.2, 0.25) is 0 Å². The van der Waals surface area contributed by atoms with E-state index in [0.29, 0.717) is 25.4 Å². The molecule has 1 fully saturated rings. The van der Waals surface area contributed by atoms with Gasteiger partial charge in [-0.15, -0.1) is 0 Å². The summed E-state index contributed by atoms with van der Waals surface area (Å²) < 4.78 is 11.5. The average Bonchev–Trinajstić information content (AvgIpc) is 2.88. The molecule has 5 heteroatoms. The third kappa shape index (κ3) is 2.80. The average molecular weight is 288 g/mol. The summed E-state index contributed by atoms with van der Waals surface area (Å²) in [7, 11) is 0. The number of rotatable bonds is 2. The SMILES string of the molecule is CC1(C)CN(C(=O)c2cc3ccccc3o2)CC(CN)O1. The molecule has 5 nitrogen and oxygen atoms in total. The van der Waals surface area contributed by atoms with Crippen molar-refractivity contribution in [3.63, 3.8) is 0 Å². The topological polar surface area (TPSA) is 68.7 Å². The van der Waals surface area contributed by atoms with E-state index in [1.165, 1.54) is 0 Å². The number of ether oxygens (including phenoxy) is 1. The van der Waals surface area contributed by atoms with E-state index in [-0.39, 0.29) is 12.0 Å². The molecule has 112 valence electrons. The van der Waals surface area contributed by atoms with Crippen LogP contribution in [0.1, 0.15) is 24.4 Å². The highest BCUT2D eigenvalue weighted by Gasteiger charge is 2.36. The Hall–Kier alpha value is -1.85. The summed E-state index contributed by atoms with van der Waals surface area (Å²) in [4.78, 5) is 14.4. The summed E-state index contributed by atoms with van der Waals surface area (Å²) in [6.07, 6.45) is -0.137. The van der Waals surface area contributed by atoms with E-state index in [2.05, 4.69) is 0 Å². The van der Waals surface area contributed by atoms with E-state index in [0.717, 1.165) is 11.0 Å². The first-order chi connectivity index (χ1) is 9.98. The second-order valence-electron chi connectivity index (χ2n) is 6.07. The number of carbonyl (C=O) groups is 1. The quantitative estimate of drug-likeness (QED) is 0.918. The molecule has 0 radical (unpaired) electrons. The van der Waals surface area contributed by atoms with E-state index in [4.69, 9.17) is 14.9 Å². The Morgan fingerprint density at radius 1 is 1.43 bits per heavy atom. The van der Waals surface area contributed by atoms with Crippen LogP contribution in [0.5, 0.6) is 0 Å². The van der Waals surface area contributed by atoms with Gasteiger partial charge in [0, 0.05) is 25.0 Å². The van der Waals surface area contributed by atoms with Gasteiger partial charge in [-0.25, -0.2) is 0 Å². The van der Waals surface area contributed by atoms with Crippen LogP contribution in [0, 0.1) is 0 Å². The molecule has 0 bridgehead atoms. The van der Waals surface area contributed by atoms with Gasteiger partial charge in [0.1, 0.15) is 5.58 Å². The Morgan fingerprint density at radius 2 is 2.19 bits per heavy atom. The van der Waals surface area contributed by atoms with Gasteiger partial charge in [-0.3, -0.25) is 4.79 Å². The van der Waals surface area contributed by atoms with Crippen molar-refractivity contribution < 1.29 is 13.9 Å². The van der Waals surface area contributed by atoms with E-state index < -0.39 is 5.60 Å². The fourth-order valence-corrected chi connectivity index (χ4v) is 2.82. The highest BCUT2D eigenvalue weighted by atomic mass is 16.5. The van der Waals surface area contributed by atoms with Gasteiger partial charge in [-0.2, -0.15) is 0 Å². The maximum Gasteiger partial charge on any atom is 0.289 e. The normalized spacial score (nSPS) is 21.7. The van der Waals surface area contributed by atoms with Crippen molar-refractivity contribution in [3.05, 3.63) is 36.1 Å². The number of nitrogens with two attached hydrogens (primary N) is 1. The van der Waals surface area contributed by atoms with Crippen molar-refractivity contribution >= 4 is 16.9 Å². The largest absolute Gasteiger partial charge is 0.451 e. The highest BCUT2D eigenvalue weighted by Crippen LogP contribution is 2.25. The van der Waals surface area contributed by atoms with Gasteiger partial charge < -0.3 is 19.8 Å². The molecule has 2 heterocycles. The minimum absolute atomic E-state index is 0.110. The van der Waals surface area contributed by atoms with Crippen LogP contribution >= 0.6 is 0 Å². The lowest BCUT2D eigenvalue weighted by molar-refractivity contribution is -0.122. The lowest BCUT2D eigenvalue weighted by Gasteiger charge is -2.42. The van der Waals surface area contributed by atoms with Gasteiger partial charge in [0.15, 0.2) is 5.76 Å². The van der Waals surface area contributed by atoms with Gasteiger partial charge in [-0.05, 0) is 26.0 Å². The van der Waals surface area contributed by atoms with Crippen LogP contribution < -0.4 is 5.73 Å². The molecular weight excluding hydrogens is 268 g/mol. The van der Waals surface area contributed by atoms with Gasteiger partial charge in [0.25, 0.3) is 5.91 Å². The molecule has 0 saturated carbocycles. The van der Waals surface area contributed by atoms with Crippen molar-refractivity contribution in [2.75, 3.05) is 19.6 Å². The van der Waals surface area contributed by atoms with E-state index in [1.807, 2.05) is 38.1 Å². The Balaban J connectivity index is 1.86. The third-order valence-electron chi connectivity index (χ3n) is 3.67. The van der Waals surface area contributed by atoms with E-state index >= 15 is 0 Å². The van der Waals surface area contributed by atoms with Crippen LogP contribution in [0.25, 0.3) is 11.0 Å². The summed E-state index contributed by atoms with van der Waals surface area (Å²) in [6, 6.07) is 9.40. The Kier molecular flexibility index (Phi) is 3.47. The smallest absolute Gasteiger partial charge is 0.289 e. The molecule has 1 saturated heterocycles. The van der Waals surface area contributed by atoms with Gasteiger partial charge in [-0.1, -0.05) is 18.2 Å². The molecule has 1 amide bonds. The molecule has 2 aromatic rings. The molecule has 1 unspecified atom stereocenters. The van der Waals surface area contributed by atoms with Crippen LogP contribution in [0.15, 0.2) is 34.7 Å². The molecule has 1 aliphatic heterocycles. The minimum atomic E-state index is -0.399. The fourth-order valence-electron chi connectivity index (χ4n) is 2.82. The summed E-state index contributed by atoms with van der Waals surface area (Å²) in [6.45, 7) is 5.35. The first-order valence-corrected chi connectivity index (χ1v) is 7.14. The third-order valence-corrected chi connectivity index (χ3v) is 3.67. The number of amides is 1. The molecule has 1 aliphatic rings. The van der Waals surface area contributed by atoms with Gasteiger partial charge in [0.2, 0.25) is 0 Å². The lowest BCUT2D eigenvalue weighted by atomic mass is 10.0. The Labute approximate surface area is 123 Å². The molecule has 21 heavy (non-hydrogen) atoms. The number of hydrogen-bond acceptors (Lipinski definition) is 4. The summed E-state index contributed by atoms with van der Waals surface area (Å²) in [5.41, 5.74) is 6.03. The molecule has 1 atom stereocenters.